The maximum Gasteiger partial charge on any atom is 0.156 e. The number of rotatable bonds is 6. The molecule has 29 heavy (non-hydrogen) atoms. The van der Waals surface area contributed by atoms with Crippen molar-refractivity contribution in [2.45, 2.75) is 10.9 Å². The molecule has 4 aromatic rings. The summed E-state index contributed by atoms with van der Waals surface area (Å²) in [5.74, 6) is 0.722. The molecule has 3 nitrogen and oxygen atoms in total. The van der Waals surface area contributed by atoms with Crippen LogP contribution in [0.5, 0.6) is 5.75 Å². The molecule has 0 N–H and O–H groups in total. The first kappa shape index (κ1) is 19.5. The molecule has 0 radical (unpaired) electrons. The molecule has 0 saturated carbocycles. The third-order valence-electron chi connectivity index (χ3n) is 4.09. The Kier molecular flexibility index (Phi) is 6.16. The Morgan fingerprint density at radius 3 is 2.62 bits per heavy atom. The zero-order valence-electron chi connectivity index (χ0n) is 15.2. The lowest BCUT2D eigenvalue weighted by Crippen LogP contribution is -1.96. The fourth-order valence-corrected chi connectivity index (χ4v) is 4.78. The standard InChI is InChI=1S/C23H15ClN2OS2/c24-18-11-9-16(10-12-18)15-27-21-7-3-1-5-17(21)13-19(14-25)28-23-26-20-6-2-4-8-22(20)29-23/h1-13H,15H2. The van der Waals surface area contributed by atoms with Crippen molar-refractivity contribution >= 4 is 51.0 Å². The van der Waals surface area contributed by atoms with Crippen LogP contribution in [0.3, 0.4) is 0 Å². The highest BCUT2D eigenvalue weighted by Crippen LogP contribution is 2.35. The Labute approximate surface area is 182 Å². The fourth-order valence-electron chi connectivity index (χ4n) is 2.69. The molecule has 0 saturated heterocycles. The number of aromatic nitrogens is 1. The Morgan fingerprint density at radius 2 is 1.83 bits per heavy atom. The van der Waals surface area contributed by atoms with Crippen LogP contribution in [-0.4, -0.2) is 4.98 Å². The van der Waals surface area contributed by atoms with Crippen LogP contribution in [0.25, 0.3) is 16.3 Å². The first-order valence-electron chi connectivity index (χ1n) is 8.83. The van der Waals surface area contributed by atoms with Crippen LogP contribution in [0.4, 0.5) is 0 Å². The van der Waals surface area contributed by atoms with Crippen molar-refractivity contribution in [1.29, 1.82) is 5.26 Å². The van der Waals surface area contributed by atoms with Crippen LogP contribution in [0.2, 0.25) is 5.02 Å². The number of hydrogen-bond donors (Lipinski definition) is 0. The summed E-state index contributed by atoms with van der Waals surface area (Å²) < 4.78 is 7.94. The molecule has 4 rings (SSSR count). The Balaban J connectivity index is 1.54. The minimum absolute atomic E-state index is 0.426. The predicted molar refractivity (Wildman–Crippen MR) is 121 cm³/mol. The zero-order valence-corrected chi connectivity index (χ0v) is 17.6. The molecule has 0 unspecified atom stereocenters. The second-order valence-electron chi connectivity index (χ2n) is 6.12. The van der Waals surface area contributed by atoms with E-state index in [1.165, 1.54) is 11.8 Å². The van der Waals surface area contributed by atoms with E-state index < -0.39 is 0 Å². The van der Waals surface area contributed by atoms with Crippen LogP contribution in [-0.2, 0) is 6.61 Å². The van der Waals surface area contributed by atoms with E-state index in [2.05, 4.69) is 11.1 Å². The second kappa shape index (κ2) is 9.15. The quantitative estimate of drug-likeness (QED) is 0.238. The lowest BCUT2D eigenvalue weighted by Gasteiger charge is -2.09. The van der Waals surface area contributed by atoms with E-state index >= 15 is 0 Å². The number of nitriles is 1. The number of halogens is 1. The normalized spacial score (nSPS) is 11.4. The van der Waals surface area contributed by atoms with Crippen LogP contribution in [0, 0.1) is 11.3 Å². The van der Waals surface area contributed by atoms with Crippen LogP contribution >= 0.6 is 34.7 Å². The summed E-state index contributed by atoms with van der Waals surface area (Å²) in [6.45, 7) is 0.426. The second-order valence-corrected chi connectivity index (χ2v) is 8.88. The van der Waals surface area contributed by atoms with Gasteiger partial charge in [0.15, 0.2) is 4.34 Å². The maximum absolute atomic E-state index is 9.63. The van der Waals surface area contributed by atoms with Crippen molar-refractivity contribution in [1.82, 2.24) is 4.98 Å². The molecule has 0 aliphatic heterocycles. The van der Waals surface area contributed by atoms with E-state index in [4.69, 9.17) is 16.3 Å². The van der Waals surface area contributed by atoms with Gasteiger partial charge in [-0.2, -0.15) is 5.26 Å². The molecule has 0 amide bonds. The average Bonchev–Trinajstić information content (AvgIpc) is 3.16. The first-order chi connectivity index (χ1) is 14.2. The van der Waals surface area contributed by atoms with Crippen molar-refractivity contribution in [3.05, 3.63) is 93.9 Å². The van der Waals surface area contributed by atoms with Crippen molar-refractivity contribution in [2.24, 2.45) is 0 Å². The number of thiazole rings is 1. The van der Waals surface area contributed by atoms with Crippen molar-refractivity contribution in [2.75, 3.05) is 0 Å². The van der Waals surface area contributed by atoms with Gasteiger partial charge in [0.05, 0.1) is 15.1 Å². The van der Waals surface area contributed by atoms with Gasteiger partial charge in [-0.05, 0) is 53.7 Å². The Bertz CT molecular complexity index is 1180. The van der Waals surface area contributed by atoms with Gasteiger partial charge >= 0.3 is 0 Å². The Morgan fingerprint density at radius 1 is 1.07 bits per heavy atom. The number of hydrogen-bond acceptors (Lipinski definition) is 5. The summed E-state index contributed by atoms with van der Waals surface area (Å²) in [6, 6.07) is 25.5. The van der Waals surface area contributed by atoms with Crippen molar-refractivity contribution < 1.29 is 4.74 Å². The molecular weight excluding hydrogens is 420 g/mol. The summed E-state index contributed by atoms with van der Waals surface area (Å²) in [5, 5.41) is 10.3. The minimum Gasteiger partial charge on any atom is -0.488 e. The van der Waals surface area contributed by atoms with Gasteiger partial charge < -0.3 is 4.74 Å². The summed E-state index contributed by atoms with van der Waals surface area (Å²) >= 11 is 8.89. The molecule has 0 aliphatic carbocycles. The molecule has 0 bridgehead atoms. The van der Waals surface area contributed by atoms with Crippen molar-refractivity contribution in [3.63, 3.8) is 0 Å². The number of benzene rings is 3. The molecule has 0 fully saturated rings. The van der Waals surface area contributed by atoms with E-state index in [0.717, 1.165) is 31.4 Å². The van der Waals surface area contributed by atoms with Gasteiger partial charge in [-0.3, -0.25) is 0 Å². The Hall–Kier alpha value is -2.78. The number of allylic oxidation sites excluding steroid dienone is 1. The molecule has 1 aromatic heterocycles. The molecule has 6 heteroatoms. The SMILES string of the molecule is N#CC(=Cc1ccccc1OCc1ccc(Cl)cc1)Sc1nc2ccccc2s1. The maximum atomic E-state index is 9.63. The van der Waals surface area contributed by atoms with Gasteiger partial charge in [-0.25, -0.2) is 4.98 Å². The van der Waals surface area contributed by atoms with Gasteiger partial charge in [-0.1, -0.05) is 54.1 Å². The van der Waals surface area contributed by atoms with Gasteiger partial charge in [0.1, 0.15) is 18.4 Å². The molecule has 3 aromatic carbocycles. The van der Waals surface area contributed by atoms with Gasteiger partial charge in [0.25, 0.3) is 0 Å². The van der Waals surface area contributed by atoms with Crippen LogP contribution in [0.15, 0.2) is 82.0 Å². The summed E-state index contributed by atoms with van der Waals surface area (Å²) in [7, 11) is 0. The van der Waals surface area contributed by atoms with Gasteiger partial charge in [0.2, 0.25) is 0 Å². The molecule has 1 heterocycles. The summed E-state index contributed by atoms with van der Waals surface area (Å²) in [4.78, 5) is 5.16. The molecule has 0 spiro atoms. The number of nitrogens with zero attached hydrogens (tertiary/aromatic N) is 2. The van der Waals surface area contributed by atoms with E-state index in [1.54, 1.807) is 11.3 Å². The summed E-state index contributed by atoms with van der Waals surface area (Å²) in [6.07, 6.45) is 1.84. The highest BCUT2D eigenvalue weighted by molar-refractivity contribution is 8.05. The third kappa shape index (κ3) is 4.99. The number of ether oxygens (including phenoxy) is 1. The topological polar surface area (TPSA) is 45.9 Å². The molecule has 0 aliphatic rings. The third-order valence-corrected chi connectivity index (χ3v) is 6.37. The van der Waals surface area contributed by atoms with E-state index in [9.17, 15) is 5.26 Å². The van der Waals surface area contributed by atoms with Crippen LogP contribution in [0.1, 0.15) is 11.1 Å². The van der Waals surface area contributed by atoms with Crippen LogP contribution < -0.4 is 4.74 Å². The smallest absolute Gasteiger partial charge is 0.156 e. The predicted octanol–water partition coefficient (Wildman–Crippen LogP) is 7.19. The van der Waals surface area contributed by atoms with E-state index in [0.29, 0.717) is 16.5 Å². The fraction of sp³-hybridized carbons (Fsp3) is 0.0435. The number of thioether (sulfide) groups is 1. The molecule has 142 valence electrons. The monoisotopic (exact) mass is 434 g/mol. The average molecular weight is 435 g/mol. The lowest BCUT2D eigenvalue weighted by molar-refractivity contribution is 0.305. The highest BCUT2D eigenvalue weighted by atomic mass is 35.5. The highest BCUT2D eigenvalue weighted by Gasteiger charge is 2.09. The van der Waals surface area contributed by atoms with E-state index in [-0.39, 0.29) is 0 Å². The van der Waals surface area contributed by atoms with Gasteiger partial charge in [0, 0.05) is 10.6 Å². The minimum atomic E-state index is 0.426. The molecular formula is C23H15ClN2OS2. The molecule has 0 atom stereocenters. The van der Waals surface area contributed by atoms with Crippen molar-refractivity contribution in [3.8, 4) is 11.8 Å². The first-order valence-corrected chi connectivity index (χ1v) is 10.8. The number of fused-ring (bicyclic) bond motifs is 1. The zero-order chi connectivity index (χ0) is 20.1. The summed E-state index contributed by atoms with van der Waals surface area (Å²) in [5.41, 5.74) is 2.83. The van der Waals surface area contributed by atoms with E-state index in [1.807, 2.05) is 78.9 Å². The van der Waals surface area contributed by atoms with Gasteiger partial charge in [-0.15, -0.1) is 11.3 Å². The number of para-hydroxylation sites is 2. The largest absolute Gasteiger partial charge is 0.488 e. The lowest BCUT2D eigenvalue weighted by atomic mass is 10.2.